The van der Waals surface area contributed by atoms with Crippen LogP contribution < -0.4 is 10.6 Å². The summed E-state index contributed by atoms with van der Waals surface area (Å²) in [7, 11) is 0. The van der Waals surface area contributed by atoms with Crippen LogP contribution in [0.25, 0.3) is 0 Å². The molecule has 1 unspecified atom stereocenters. The van der Waals surface area contributed by atoms with E-state index in [-0.39, 0.29) is 11.4 Å². The predicted molar refractivity (Wildman–Crippen MR) is 78.1 cm³/mol. The standard InChI is InChI=1S/C15H29N3O/c1-15(2,3)17-8-6-14(19)16-10-12-7-9-18(11-12)13-4-5-13/h12-13,17H,4-11H2,1-3H3,(H,16,19). The average Bonchev–Trinajstić information content (AvgIpc) is 3.05. The Labute approximate surface area is 117 Å². The van der Waals surface area contributed by atoms with Gasteiger partial charge in [-0.25, -0.2) is 0 Å². The van der Waals surface area contributed by atoms with Crippen LogP contribution in [0.1, 0.15) is 46.5 Å². The first-order valence-electron chi connectivity index (χ1n) is 7.70. The van der Waals surface area contributed by atoms with Crippen LogP contribution >= 0.6 is 0 Å². The second kappa shape index (κ2) is 6.23. The van der Waals surface area contributed by atoms with Crippen LogP contribution in [0.3, 0.4) is 0 Å². The van der Waals surface area contributed by atoms with E-state index in [2.05, 4.69) is 36.3 Å². The van der Waals surface area contributed by atoms with E-state index in [9.17, 15) is 4.79 Å². The van der Waals surface area contributed by atoms with Crippen molar-refractivity contribution in [2.24, 2.45) is 5.92 Å². The molecule has 2 aliphatic rings. The molecule has 4 heteroatoms. The van der Waals surface area contributed by atoms with Crippen LogP contribution in [0.15, 0.2) is 0 Å². The lowest BCUT2D eigenvalue weighted by Gasteiger charge is -2.20. The summed E-state index contributed by atoms with van der Waals surface area (Å²) in [5, 5.41) is 6.43. The molecule has 0 aromatic heterocycles. The van der Waals surface area contributed by atoms with Gasteiger partial charge < -0.3 is 15.5 Å². The van der Waals surface area contributed by atoms with Gasteiger partial charge in [-0.2, -0.15) is 0 Å². The molecule has 1 saturated heterocycles. The summed E-state index contributed by atoms with van der Waals surface area (Å²) in [6.45, 7) is 10.4. The Bertz CT molecular complexity index is 307. The van der Waals surface area contributed by atoms with Crippen molar-refractivity contribution in [3.63, 3.8) is 0 Å². The molecule has 1 amide bonds. The maximum absolute atomic E-state index is 11.7. The van der Waals surface area contributed by atoms with Crippen molar-refractivity contribution in [1.82, 2.24) is 15.5 Å². The number of nitrogens with one attached hydrogen (secondary N) is 2. The molecule has 2 N–H and O–H groups in total. The van der Waals surface area contributed by atoms with Crippen molar-refractivity contribution in [3.8, 4) is 0 Å². The number of likely N-dealkylation sites (tertiary alicyclic amines) is 1. The fourth-order valence-corrected chi connectivity index (χ4v) is 2.70. The second-order valence-corrected chi connectivity index (χ2v) is 7.11. The molecule has 0 radical (unpaired) electrons. The van der Waals surface area contributed by atoms with Gasteiger partial charge in [0.15, 0.2) is 0 Å². The van der Waals surface area contributed by atoms with Crippen LogP contribution in [0.4, 0.5) is 0 Å². The van der Waals surface area contributed by atoms with Gasteiger partial charge in [-0.05, 0) is 52.5 Å². The highest BCUT2D eigenvalue weighted by Crippen LogP contribution is 2.31. The van der Waals surface area contributed by atoms with Crippen molar-refractivity contribution in [2.75, 3.05) is 26.2 Å². The van der Waals surface area contributed by atoms with Crippen molar-refractivity contribution in [1.29, 1.82) is 0 Å². The van der Waals surface area contributed by atoms with Gasteiger partial charge in [0.1, 0.15) is 0 Å². The van der Waals surface area contributed by atoms with Crippen molar-refractivity contribution >= 4 is 5.91 Å². The van der Waals surface area contributed by atoms with E-state index >= 15 is 0 Å². The molecule has 1 atom stereocenters. The molecule has 0 spiro atoms. The van der Waals surface area contributed by atoms with Crippen LogP contribution in [0, 0.1) is 5.92 Å². The largest absolute Gasteiger partial charge is 0.356 e. The van der Waals surface area contributed by atoms with Crippen molar-refractivity contribution < 1.29 is 4.79 Å². The maximum atomic E-state index is 11.7. The zero-order chi connectivity index (χ0) is 13.9. The summed E-state index contributed by atoms with van der Waals surface area (Å²) in [5.41, 5.74) is 0.0937. The Kier molecular flexibility index (Phi) is 4.85. The molecule has 0 aromatic rings. The molecule has 1 aliphatic carbocycles. The van der Waals surface area contributed by atoms with E-state index in [0.29, 0.717) is 12.3 Å². The van der Waals surface area contributed by atoms with Crippen molar-refractivity contribution in [3.05, 3.63) is 0 Å². The Morgan fingerprint density at radius 1 is 1.26 bits per heavy atom. The first-order valence-corrected chi connectivity index (χ1v) is 7.70. The molecule has 2 fully saturated rings. The monoisotopic (exact) mass is 267 g/mol. The summed E-state index contributed by atoms with van der Waals surface area (Å²) in [6, 6.07) is 0.872. The van der Waals surface area contributed by atoms with Crippen LogP contribution in [0.5, 0.6) is 0 Å². The fourth-order valence-electron chi connectivity index (χ4n) is 2.70. The highest BCUT2D eigenvalue weighted by Gasteiger charge is 2.34. The first-order chi connectivity index (χ1) is 8.94. The molecular formula is C15H29N3O. The minimum atomic E-state index is 0.0937. The number of nitrogens with zero attached hydrogens (tertiary/aromatic N) is 1. The van der Waals surface area contributed by atoms with E-state index in [1.165, 1.54) is 32.4 Å². The van der Waals surface area contributed by atoms with Crippen LogP contribution in [-0.4, -0.2) is 48.6 Å². The van der Waals surface area contributed by atoms with E-state index in [1.807, 2.05) is 0 Å². The SMILES string of the molecule is CC(C)(C)NCCC(=O)NCC1CCN(C2CC2)C1. The smallest absolute Gasteiger partial charge is 0.221 e. The molecule has 1 aliphatic heterocycles. The Morgan fingerprint density at radius 3 is 2.63 bits per heavy atom. The van der Waals surface area contributed by atoms with E-state index < -0.39 is 0 Å². The van der Waals surface area contributed by atoms with Crippen LogP contribution in [-0.2, 0) is 4.79 Å². The molecule has 110 valence electrons. The molecule has 4 nitrogen and oxygen atoms in total. The van der Waals surface area contributed by atoms with E-state index in [0.717, 1.165) is 19.1 Å². The molecular weight excluding hydrogens is 238 g/mol. The molecule has 19 heavy (non-hydrogen) atoms. The van der Waals surface area contributed by atoms with E-state index in [4.69, 9.17) is 0 Å². The summed E-state index contributed by atoms with van der Waals surface area (Å²) < 4.78 is 0. The Hall–Kier alpha value is -0.610. The van der Waals surface area contributed by atoms with Gasteiger partial charge in [-0.15, -0.1) is 0 Å². The number of rotatable bonds is 6. The number of amides is 1. The van der Waals surface area contributed by atoms with Gasteiger partial charge in [0.2, 0.25) is 5.91 Å². The zero-order valence-corrected chi connectivity index (χ0v) is 12.7. The number of hydrogen-bond donors (Lipinski definition) is 2. The average molecular weight is 267 g/mol. The number of carbonyl (C=O) groups excluding carboxylic acids is 1. The fraction of sp³-hybridized carbons (Fsp3) is 0.933. The normalized spacial score (nSPS) is 24.7. The third-order valence-electron chi connectivity index (χ3n) is 3.98. The highest BCUT2D eigenvalue weighted by molar-refractivity contribution is 5.76. The third-order valence-corrected chi connectivity index (χ3v) is 3.98. The summed E-state index contributed by atoms with van der Waals surface area (Å²) in [6.07, 6.45) is 4.60. The van der Waals surface area contributed by atoms with Gasteiger partial charge >= 0.3 is 0 Å². The van der Waals surface area contributed by atoms with Gasteiger partial charge in [0, 0.05) is 37.6 Å². The highest BCUT2D eigenvalue weighted by atomic mass is 16.1. The zero-order valence-electron chi connectivity index (χ0n) is 12.7. The van der Waals surface area contributed by atoms with Gasteiger partial charge in [-0.1, -0.05) is 0 Å². The molecule has 0 bridgehead atoms. The van der Waals surface area contributed by atoms with Crippen LogP contribution in [0.2, 0.25) is 0 Å². The minimum absolute atomic E-state index is 0.0937. The lowest BCUT2D eigenvalue weighted by Crippen LogP contribution is -2.39. The van der Waals surface area contributed by atoms with Gasteiger partial charge in [0.05, 0.1) is 0 Å². The summed E-state index contributed by atoms with van der Waals surface area (Å²) in [5.74, 6) is 0.849. The quantitative estimate of drug-likeness (QED) is 0.764. The molecule has 0 aromatic carbocycles. The van der Waals surface area contributed by atoms with Gasteiger partial charge in [0.25, 0.3) is 0 Å². The molecule has 2 rings (SSSR count). The third kappa shape index (κ3) is 5.49. The summed E-state index contributed by atoms with van der Waals surface area (Å²) in [4.78, 5) is 14.3. The molecule has 1 heterocycles. The van der Waals surface area contributed by atoms with Gasteiger partial charge in [-0.3, -0.25) is 4.79 Å². The minimum Gasteiger partial charge on any atom is -0.356 e. The Morgan fingerprint density at radius 2 is 2.00 bits per heavy atom. The number of hydrogen-bond acceptors (Lipinski definition) is 3. The first kappa shape index (κ1) is 14.8. The Balaban J connectivity index is 1.54. The topological polar surface area (TPSA) is 44.4 Å². The number of carbonyl (C=O) groups is 1. The maximum Gasteiger partial charge on any atom is 0.221 e. The summed E-state index contributed by atoms with van der Waals surface area (Å²) >= 11 is 0. The lowest BCUT2D eigenvalue weighted by molar-refractivity contribution is -0.121. The van der Waals surface area contributed by atoms with E-state index in [1.54, 1.807) is 0 Å². The molecule has 1 saturated carbocycles. The van der Waals surface area contributed by atoms with Crippen molar-refractivity contribution in [2.45, 2.75) is 58.0 Å². The second-order valence-electron chi connectivity index (χ2n) is 7.11. The lowest BCUT2D eigenvalue weighted by atomic mass is 10.1. The predicted octanol–water partition coefficient (Wildman–Crippen LogP) is 1.37.